The highest BCUT2D eigenvalue weighted by Gasteiger charge is 2.30. The van der Waals surface area contributed by atoms with Crippen molar-refractivity contribution < 1.29 is 4.79 Å². The van der Waals surface area contributed by atoms with Crippen molar-refractivity contribution in [2.45, 2.75) is 19.4 Å². The third-order valence-electron chi connectivity index (χ3n) is 4.69. The molecule has 1 fully saturated rings. The molecule has 2 aromatic carbocycles. The van der Waals surface area contributed by atoms with Crippen LogP contribution in [0.4, 0.5) is 0 Å². The van der Waals surface area contributed by atoms with Gasteiger partial charge in [-0.1, -0.05) is 54.6 Å². The van der Waals surface area contributed by atoms with Gasteiger partial charge in [0.25, 0.3) is 0 Å². The summed E-state index contributed by atoms with van der Waals surface area (Å²) >= 11 is 0. The number of piperazine rings is 1. The molecule has 0 saturated carbocycles. The van der Waals surface area contributed by atoms with Gasteiger partial charge in [-0.05, 0) is 30.7 Å². The Balaban J connectivity index is 1.81. The summed E-state index contributed by atoms with van der Waals surface area (Å²) < 4.78 is 0. The van der Waals surface area contributed by atoms with Gasteiger partial charge in [-0.25, -0.2) is 0 Å². The molecule has 2 aromatic rings. The molecule has 3 heteroatoms. The van der Waals surface area contributed by atoms with Crippen LogP contribution in [0.3, 0.4) is 0 Å². The number of amides is 1. The molecule has 23 heavy (non-hydrogen) atoms. The van der Waals surface area contributed by atoms with Crippen LogP contribution < -0.4 is 0 Å². The van der Waals surface area contributed by atoms with Gasteiger partial charge in [-0.15, -0.1) is 0 Å². The van der Waals surface area contributed by atoms with Crippen molar-refractivity contribution in [2.75, 3.05) is 26.7 Å². The summed E-state index contributed by atoms with van der Waals surface area (Å²) in [5.74, 6) is 0.223. The number of benzene rings is 2. The summed E-state index contributed by atoms with van der Waals surface area (Å²) in [6.45, 7) is 4.69. The van der Waals surface area contributed by atoms with Crippen molar-refractivity contribution in [3.63, 3.8) is 0 Å². The highest BCUT2D eigenvalue weighted by atomic mass is 16.2. The van der Waals surface area contributed by atoms with E-state index < -0.39 is 0 Å². The standard InChI is InChI=1S/C20H24N2O/c1-16-8-6-7-11-18(16)14-20(23)22-13-12-21(2)15-19(22)17-9-4-3-5-10-17/h3-11,19H,12-15H2,1-2H3. The molecule has 120 valence electrons. The first-order valence-electron chi connectivity index (χ1n) is 8.22. The third-order valence-corrected chi connectivity index (χ3v) is 4.69. The van der Waals surface area contributed by atoms with Crippen molar-refractivity contribution in [3.05, 3.63) is 71.3 Å². The van der Waals surface area contributed by atoms with E-state index in [9.17, 15) is 4.79 Å². The van der Waals surface area contributed by atoms with Gasteiger partial charge in [0.2, 0.25) is 5.91 Å². The molecule has 1 heterocycles. The Morgan fingerprint density at radius 1 is 1.04 bits per heavy atom. The number of carbonyl (C=O) groups is 1. The molecule has 1 aliphatic heterocycles. The SMILES string of the molecule is Cc1ccccc1CC(=O)N1CCN(C)CC1c1ccccc1. The van der Waals surface area contributed by atoms with Gasteiger partial charge in [-0.2, -0.15) is 0 Å². The molecule has 3 rings (SSSR count). The minimum Gasteiger partial charge on any atom is -0.333 e. The lowest BCUT2D eigenvalue weighted by Crippen LogP contribution is -2.49. The maximum absolute atomic E-state index is 12.9. The second-order valence-corrected chi connectivity index (χ2v) is 6.38. The van der Waals surface area contributed by atoms with Gasteiger partial charge < -0.3 is 9.80 Å². The first-order chi connectivity index (χ1) is 11.1. The summed E-state index contributed by atoms with van der Waals surface area (Å²) in [7, 11) is 2.12. The van der Waals surface area contributed by atoms with Crippen molar-refractivity contribution >= 4 is 5.91 Å². The molecule has 0 aliphatic carbocycles. The minimum absolute atomic E-state index is 0.145. The maximum Gasteiger partial charge on any atom is 0.227 e. The summed E-state index contributed by atoms with van der Waals surface area (Å²) in [4.78, 5) is 17.3. The minimum atomic E-state index is 0.145. The number of likely N-dealkylation sites (N-methyl/N-ethyl adjacent to an activating group) is 1. The van der Waals surface area contributed by atoms with E-state index in [1.54, 1.807) is 0 Å². The van der Waals surface area contributed by atoms with Crippen molar-refractivity contribution in [2.24, 2.45) is 0 Å². The van der Waals surface area contributed by atoms with Gasteiger partial charge in [0.05, 0.1) is 12.5 Å². The molecule has 0 bridgehead atoms. The Morgan fingerprint density at radius 3 is 2.48 bits per heavy atom. The lowest BCUT2D eigenvalue weighted by atomic mass is 10.00. The molecular weight excluding hydrogens is 284 g/mol. The Bertz CT molecular complexity index is 668. The van der Waals surface area contributed by atoms with Gasteiger partial charge in [-0.3, -0.25) is 4.79 Å². The van der Waals surface area contributed by atoms with Gasteiger partial charge in [0, 0.05) is 19.6 Å². The largest absolute Gasteiger partial charge is 0.333 e. The van der Waals surface area contributed by atoms with E-state index in [0.29, 0.717) is 6.42 Å². The van der Waals surface area contributed by atoms with Crippen LogP contribution in [0.1, 0.15) is 22.7 Å². The molecule has 0 radical (unpaired) electrons. The van der Waals surface area contributed by atoms with E-state index in [1.165, 1.54) is 11.1 Å². The summed E-state index contributed by atoms with van der Waals surface area (Å²) in [5.41, 5.74) is 3.53. The lowest BCUT2D eigenvalue weighted by Gasteiger charge is -2.40. The van der Waals surface area contributed by atoms with Gasteiger partial charge >= 0.3 is 0 Å². The van der Waals surface area contributed by atoms with E-state index in [0.717, 1.165) is 25.2 Å². The second-order valence-electron chi connectivity index (χ2n) is 6.38. The fraction of sp³-hybridized carbons (Fsp3) is 0.350. The topological polar surface area (TPSA) is 23.6 Å². The predicted octanol–water partition coefficient (Wildman–Crippen LogP) is 3.05. The average Bonchev–Trinajstić information content (AvgIpc) is 2.57. The quantitative estimate of drug-likeness (QED) is 0.870. The fourth-order valence-corrected chi connectivity index (χ4v) is 3.25. The average molecular weight is 308 g/mol. The van der Waals surface area contributed by atoms with Crippen LogP contribution in [0.25, 0.3) is 0 Å². The molecule has 0 N–H and O–H groups in total. The molecule has 1 unspecified atom stereocenters. The number of carbonyl (C=O) groups excluding carboxylic acids is 1. The summed E-state index contributed by atoms with van der Waals surface area (Å²) in [5, 5.41) is 0. The van der Waals surface area contributed by atoms with E-state index in [1.807, 2.05) is 30.3 Å². The zero-order chi connectivity index (χ0) is 16.2. The van der Waals surface area contributed by atoms with Crippen molar-refractivity contribution in [1.82, 2.24) is 9.80 Å². The number of aryl methyl sites for hydroxylation is 1. The monoisotopic (exact) mass is 308 g/mol. The Kier molecular flexibility index (Phi) is 4.77. The highest BCUT2D eigenvalue weighted by Crippen LogP contribution is 2.25. The molecule has 1 atom stereocenters. The second kappa shape index (κ2) is 6.97. The highest BCUT2D eigenvalue weighted by molar-refractivity contribution is 5.79. The van der Waals surface area contributed by atoms with Crippen molar-refractivity contribution in [3.8, 4) is 0 Å². The van der Waals surface area contributed by atoms with E-state index in [2.05, 4.69) is 48.0 Å². The molecule has 1 aliphatic rings. The maximum atomic E-state index is 12.9. The lowest BCUT2D eigenvalue weighted by molar-refractivity contribution is -0.135. The summed E-state index contributed by atoms with van der Waals surface area (Å²) in [6, 6.07) is 18.7. The van der Waals surface area contributed by atoms with Gasteiger partial charge in [0.15, 0.2) is 0 Å². The zero-order valence-electron chi connectivity index (χ0n) is 13.9. The predicted molar refractivity (Wildman–Crippen MR) is 93.3 cm³/mol. The smallest absolute Gasteiger partial charge is 0.227 e. The number of rotatable bonds is 3. The van der Waals surface area contributed by atoms with Crippen LogP contribution in [0.2, 0.25) is 0 Å². The number of hydrogen-bond acceptors (Lipinski definition) is 2. The van der Waals surface area contributed by atoms with Gasteiger partial charge in [0.1, 0.15) is 0 Å². The van der Waals surface area contributed by atoms with Crippen LogP contribution in [-0.4, -0.2) is 42.4 Å². The third kappa shape index (κ3) is 3.62. The Morgan fingerprint density at radius 2 is 1.74 bits per heavy atom. The Labute approximate surface area is 138 Å². The Hall–Kier alpha value is -2.13. The normalized spacial score (nSPS) is 18.9. The first-order valence-corrected chi connectivity index (χ1v) is 8.22. The zero-order valence-corrected chi connectivity index (χ0v) is 13.9. The fourth-order valence-electron chi connectivity index (χ4n) is 3.25. The van der Waals surface area contributed by atoms with E-state index in [-0.39, 0.29) is 11.9 Å². The first kappa shape index (κ1) is 15.8. The van der Waals surface area contributed by atoms with E-state index >= 15 is 0 Å². The molecular formula is C20H24N2O. The van der Waals surface area contributed by atoms with Crippen molar-refractivity contribution in [1.29, 1.82) is 0 Å². The van der Waals surface area contributed by atoms with E-state index in [4.69, 9.17) is 0 Å². The number of hydrogen-bond donors (Lipinski definition) is 0. The summed E-state index contributed by atoms with van der Waals surface area (Å²) in [6.07, 6.45) is 0.486. The molecule has 1 saturated heterocycles. The molecule has 1 amide bonds. The van der Waals surface area contributed by atoms with Crippen LogP contribution in [-0.2, 0) is 11.2 Å². The van der Waals surface area contributed by atoms with Crippen LogP contribution in [0.5, 0.6) is 0 Å². The molecule has 0 spiro atoms. The van der Waals surface area contributed by atoms with Crippen LogP contribution in [0, 0.1) is 6.92 Å². The van der Waals surface area contributed by atoms with Crippen LogP contribution >= 0.6 is 0 Å². The molecule has 0 aromatic heterocycles. The molecule has 3 nitrogen and oxygen atoms in total. The number of nitrogens with zero attached hydrogens (tertiary/aromatic N) is 2. The van der Waals surface area contributed by atoms with Crippen LogP contribution in [0.15, 0.2) is 54.6 Å².